The van der Waals surface area contributed by atoms with Gasteiger partial charge in [0.2, 0.25) is 0 Å². The van der Waals surface area contributed by atoms with E-state index in [1.165, 1.54) is 0 Å². The van der Waals surface area contributed by atoms with Gasteiger partial charge >= 0.3 is 0 Å². The molecule has 0 aliphatic carbocycles. The minimum Gasteiger partial charge on any atom is -0.496 e. The summed E-state index contributed by atoms with van der Waals surface area (Å²) < 4.78 is 10.8. The van der Waals surface area contributed by atoms with Gasteiger partial charge in [-0.05, 0) is 30.1 Å². The standard InChI is InChI=1S/C12H15NO2S/c1-3-13-11(9-5-4-7-15-9)12-10(14-2)6-8-16-12/h4-8,11,13H,3H2,1-2H3. The Kier molecular flexibility index (Phi) is 3.64. The molecule has 0 amide bonds. The lowest BCUT2D eigenvalue weighted by atomic mass is 10.2. The lowest BCUT2D eigenvalue weighted by Gasteiger charge is -2.15. The van der Waals surface area contributed by atoms with Crippen LogP contribution >= 0.6 is 11.3 Å². The quantitative estimate of drug-likeness (QED) is 0.868. The fourth-order valence-electron chi connectivity index (χ4n) is 1.67. The Balaban J connectivity index is 2.33. The first-order chi connectivity index (χ1) is 7.86. The molecule has 0 saturated carbocycles. The molecule has 0 spiro atoms. The van der Waals surface area contributed by atoms with Gasteiger partial charge in [0.1, 0.15) is 17.6 Å². The third-order valence-corrected chi connectivity index (χ3v) is 3.34. The third-order valence-electron chi connectivity index (χ3n) is 2.38. The number of methoxy groups -OCH3 is 1. The molecule has 0 saturated heterocycles. The molecule has 0 bridgehead atoms. The zero-order chi connectivity index (χ0) is 11.4. The van der Waals surface area contributed by atoms with Crippen molar-refractivity contribution in [3.05, 3.63) is 40.5 Å². The average Bonchev–Trinajstić information content (AvgIpc) is 2.96. The van der Waals surface area contributed by atoms with Crippen molar-refractivity contribution >= 4 is 11.3 Å². The highest BCUT2D eigenvalue weighted by atomic mass is 32.1. The predicted molar refractivity (Wildman–Crippen MR) is 65.1 cm³/mol. The van der Waals surface area contributed by atoms with Crippen molar-refractivity contribution in [1.82, 2.24) is 5.32 Å². The van der Waals surface area contributed by atoms with E-state index in [4.69, 9.17) is 9.15 Å². The molecule has 0 fully saturated rings. The van der Waals surface area contributed by atoms with Crippen LogP contribution in [0, 0.1) is 0 Å². The van der Waals surface area contributed by atoms with E-state index in [0.29, 0.717) is 0 Å². The molecule has 2 rings (SSSR count). The van der Waals surface area contributed by atoms with Crippen molar-refractivity contribution < 1.29 is 9.15 Å². The summed E-state index contributed by atoms with van der Waals surface area (Å²) in [6, 6.07) is 5.94. The molecule has 2 aromatic heterocycles. The van der Waals surface area contributed by atoms with Crippen LogP contribution in [0.2, 0.25) is 0 Å². The van der Waals surface area contributed by atoms with Crippen LogP contribution in [0.3, 0.4) is 0 Å². The van der Waals surface area contributed by atoms with Crippen molar-refractivity contribution in [2.75, 3.05) is 13.7 Å². The van der Waals surface area contributed by atoms with Gasteiger partial charge in [-0.2, -0.15) is 0 Å². The summed E-state index contributed by atoms with van der Waals surface area (Å²) in [6.07, 6.45) is 1.69. The highest BCUT2D eigenvalue weighted by molar-refractivity contribution is 7.10. The summed E-state index contributed by atoms with van der Waals surface area (Å²) in [4.78, 5) is 1.15. The Labute approximate surface area is 99.0 Å². The molecule has 0 aliphatic heterocycles. The number of furan rings is 1. The minimum atomic E-state index is 0.0787. The Morgan fingerprint density at radius 2 is 2.38 bits per heavy atom. The highest BCUT2D eigenvalue weighted by Crippen LogP contribution is 2.34. The molecule has 86 valence electrons. The maximum Gasteiger partial charge on any atom is 0.134 e. The number of ether oxygens (including phenoxy) is 1. The zero-order valence-corrected chi connectivity index (χ0v) is 10.2. The van der Waals surface area contributed by atoms with E-state index in [-0.39, 0.29) is 6.04 Å². The summed E-state index contributed by atoms with van der Waals surface area (Å²) >= 11 is 1.67. The number of nitrogens with one attached hydrogen (secondary N) is 1. The summed E-state index contributed by atoms with van der Waals surface area (Å²) in [5.41, 5.74) is 0. The minimum absolute atomic E-state index is 0.0787. The van der Waals surface area contributed by atoms with E-state index in [0.717, 1.165) is 22.9 Å². The normalized spacial score (nSPS) is 12.6. The fourth-order valence-corrected chi connectivity index (χ4v) is 2.61. The molecule has 0 radical (unpaired) electrons. The number of hydrogen-bond acceptors (Lipinski definition) is 4. The molecule has 16 heavy (non-hydrogen) atoms. The van der Waals surface area contributed by atoms with E-state index < -0.39 is 0 Å². The number of rotatable bonds is 5. The predicted octanol–water partition coefficient (Wildman–Crippen LogP) is 3.05. The molecule has 1 N–H and O–H groups in total. The Bertz CT molecular complexity index is 422. The molecule has 1 unspecified atom stereocenters. The van der Waals surface area contributed by atoms with Crippen LogP contribution < -0.4 is 10.1 Å². The largest absolute Gasteiger partial charge is 0.496 e. The van der Waals surface area contributed by atoms with Crippen molar-refractivity contribution in [1.29, 1.82) is 0 Å². The second kappa shape index (κ2) is 5.18. The third kappa shape index (κ3) is 2.13. The van der Waals surface area contributed by atoms with Gasteiger partial charge in [-0.3, -0.25) is 0 Å². The van der Waals surface area contributed by atoms with Crippen LogP contribution in [0.25, 0.3) is 0 Å². The van der Waals surface area contributed by atoms with Crippen molar-refractivity contribution in [2.45, 2.75) is 13.0 Å². The second-order valence-corrected chi connectivity index (χ2v) is 4.31. The summed E-state index contributed by atoms with van der Waals surface area (Å²) in [5.74, 6) is 1.83. The Hall–Kier alpha value is -1.26. The van der Waals surface area contributed by atoms with Crippen LogP contribution in [0.4, 0.5) is 0 Å². The van der Waals surface area contributed by atoms with Gasteiger partial charge in [-0.1, -0.05) is 6.92 Å². The molecule has 2 aromatic rings. The second-order valence-electron chi connectivity index (χ2n) is 3.36. The summed E-state index contributed by atoms with van der Waals surface area (Å²) in [7, 11) is 1.69. The molecule has 4 heteroatoms. The number of thiophene rings is 1. The van der Waals surface area contributed by atoms with Gasteiger partial charge in [0.25, 0.3) is 0 Å². The zero-order valence-electron chi connectivity index (χ0n) is 9.40. The van der Waals surface area contributed by atoms with E-state index in [1.807, 2.05) is 23.6 Å². The van der Waals surface area contributed by atoms with Crippen LogP contribution in [-0.2, 0) is 0 Å². The van der Waals surface area contributed by atoms with E-state index in [9.17, 15) is 0 Å². The van der Waals surface area contributed by atoms with Crippen LogP contribution in [0.15, 0.2) is 34.3 Å². The SMILES string of the molecule is CCNC(c1ccco1)c1sccc1OC. The lowest BCUT2D eigenvalue weighted by Crippen LogP contribution is -2.21. The van der Waals surface area contributed by atoms with Crippen molar-refractivity contribution in [2.24, 2.45) is 0 Å². The van der Waals surface area contributed by atoms with Gasteiger partial charge in [0.15, 0.2) is 0 Å². The molecule has 0 aromatic carbocycles. The van der Waals surface area contributed by atoms with Crippen LogP contribution in [-0.4, -0.2) is 13.7 Å². The van der Waals surface area contributed by atoms with E-state index >= 15 is 0 Å². The Morgan fingerprint density at radius 3 is 3.00 bits per heavy atom. The average molecular weight is 237 g/mol. The molecule has 2 heterocycles. The molecule has 0 aliphatic rings. The first-order valence-electron chi connectivity index (χ1n) is 5.25. The van der Waals surface area contributed by atoms with Crippen molar-refractivity contribution in [3.8, 4) is 5.75 Å². The van der Waals surface area contributed by atoms with Crippen LogP contribution in [0.5, 0.6) is 5.75 Å². The first-order valence-corrected chi connectivity index (χ1v) is 6.13. The lowest BCUT2D eigenvalue weighted by molar-refractivity contribution is 0.398. The van der Waals surface area contributed by atoms with Crippen molar-refractivity contribution in [3.63, 3.8) is 0 Å². The molecular weight excluding hydrogens is 222 g/mol. The van der Waals surface area contributed by atoms with E-state index in [2.05, 4.69) is 12.2 Å². The Morgan fingerprint density at radius 1 is 1.50 bits per heavy atom. The summed E-state index contributed by atoms with van der Waals surface area (Å²) in [6.45, 7) is 2.96. The van der Waals surface area contributed by atoms with Gasteiger partial charge in [0.05, 0.1) is 18.3 Å². The highest BCUT2D eigenvalue weighted by Gasteiger charge is 2.20. The van der Waals surface area contributed by atoms with E-state index in [1.54, 1.807) is 24.7 Å². The van der Waals surface area contributed by atoms with Gasteiger partial charge in [-0.25, -0.2) is 0 Å². The maximum atomic E-state index is 5.46. The maximum absolute atomic E-state index is 5.46. The van der Waals surface area contributed by atoms with Gasteiger partial charge in [-0.15, -0.1) is 11.3 Å². The summed E-state index contributed by atoms with van der Waals surface area (Å²) in [5, 5.41) is 5.43. The smallest absolute Gasteiger partial charge is 0.134 e. The van der Waals surface area contributed by atoms with Gasteiger partial charge in [0, 0.05) is 0 Å². The molecule has 3 nitrogen and oxygen atoms in total. The fraction of sp³-hybridized carbons (Fsp3) is 0.333. The van der Waals surface area contributed by atoms with Gasteiger partial charge < -0.3 is 14.5 Å². The molecular formula is C12H15NO2S. The van der Waals surface area contributed by atoms with Crippen LogP contribution in [0.1, 0.15) is 23.6 Å². The topological polar surface area (TPSA) is 34.4 Å². The molecule has 1 atom stereocenters. The number of hydrogen-bond donors (Lipinski definition) is 1. The first kappa shape index (κ1) is 11.2. The monoisotopic (exact) mass is 237 g/mol.